The van der Waals surface area contributed by atoms with Crippen LogP contribution in [0.5, 0.6) is 0 Å². The fraction of sp³-hybridized carbons (Fsp3) is 0.273. The lowest BCUT2D eigenvalue weighted by Gasteiger charge is -2.18. The molecule has 1 rings (SSSR count). The molecule has 1 unspecified atom stereocenters. The Hall–Kier alpha value is -1.83. The lowest BCUT2D eigenvalue weighted by atomic mass is 10.1. The zero-order valence-electron chi connectivity index (χ0n) is 9.57. The molecule has 0 bridgehead atoms. The van der Waals surface area contributed by atoms with E-state index in [1.54, 1.807) is 30.3 Å². The van der Waals surface area contributed by atoms with Crippen molar-refractivity contribution in [1.82, 2.24) is 5.32 Å². The van der Waals surface area contributed by atoms with Crippen LogP contribution in [0.15, 0.2) is 30.3 Å². The molecule has 19 heavy (non-hydrogen) atoms. The Balaban J connectivity index is 2.51. The minimum Gasteiger partial charge on any atom is -0.481 e. The second kappa shape index (κ2) is 6.37. The number of nitrogens with one attached hydrogen (secondary N) is 2. The molecule has 8 heteroatoms. The van der Waals surface area contributed by atoms with Crippen LogP contribution < -0.4 is 10.6 Å². The molecule has 0 aromatic heterocycles. The van der Waals surface area contributed by atoms with E-state index >= 15 is 0 Å². The predicted molar refractivity (Wildman–Crippen MR) is 67.8 cm³/mol. The van der Waals surface area contributed by atoms with Gasteiger partial charge in [-0.25, -0.2) is 0 Å². The maximum atomic E-state index is 12.4. The lowest BCUT2D eigenvalue weighted by molar-refractivity contribution is -0.191. The molecule has 0 radical (unpaired) electrons. The average Bonchev–Trinajstić information content (AvgIpc) is 2.28. The standard InChI is InChI=1S/C11H11F3N2O2S/c12-11(13,14)8(9(17)18)6-15-10(19)16-7-4-2-1-3-5-7/h1-5,8H,6H2,(H,17,18)(H2,15,16,19). The number of rotatable bonds is 4. The van der Waals surface area contributed by atoms with Crippen LogP contribution in [0, 0.1) is 5.92 Å². The second-order valence-electron chi connectivity index (χ2n) is 3.63. The first-order chi connectivity index (χ1) is 8.80. The molecule has 1 aromatic rings. The summed E-state index contributed by atoms with van der Waals surface area (Å²) in [4.78, 5) is 10.5. The summed E-state index contributed by atoms with van der Waals surface area (Å²) in [5.41, 5.74) is 0.596. The number of anilines is 1. The number of hydrogen-bond donors (Lipinski definition) is 3. The van der Waals surface area contributed by atoms with Crippen molar-refractivity contribution in [3.63, 3.8) is 0 Å². The summed E-state index contributed by atoms with van der Waals surface area (Å²) in [5, 5.41) is 13.3. The summed E-state index contributed by atoms with van der Waals surface area (Å²) in [5.74, 6) is -4.44. The topological polar surface area (TPSA) is 61.4 Å². The molecular formula is C11H11F3N2O2S. The van der Waals surface area contributed by atoms with Crippen molar-refractivity contribution in [1.29, 1.82) is 0 Å². The molecular weight excluding hydrogens is 281 g/mol. The van der Waals surface area contributed by atoms with Crippen LogP contribution in [0.4, 0.5) is 18.9 Å². The van der Waals surface area contributed by atoms with Gasteiger partial charge in [-0.3, -0.25) is 4.79 Å². The van der Waals surface area contributed by atoms with Crippen molar-refractivity contribution in [2.75, 3.05) is 11.9 Å². The third kappa shape index (κ3) is 5.12. The van der Waals surface area contributed by atoms with Crippen molar-refractivity contribution in [2.24, 2.45) is 5.92 Å². The van der Waals surface area contributed by atoms with Gasteiger partial charge in [0.05, 0.1) is 0 Å². The molecule has 0 aliphatic heterocycles. The van der Waals surface area contributed by atoms with Crippen LogP contribution >= 0.6 is 12.2 Å². The Bertz CT molecular complexity index is 451. The van der Waals surface area contributed by atoms with Crippen LogP contribution in [0.25, 0.3) is 0 Å². The van der Waals surface area contributed by atoms with Gasteiger partial charge in [-0.1, -0.05) is 18.2 Å². The van der Waals surface area contributed by atoms with Crippen LogP contribution in [-0.4, -0.2) is 28.9 Å². The van der Waals surface area contributed by atoms with E-state index in [-0.39, 0.29) is 5.11 Å². The number of halogens is 3. The molecule has 0 saturated heterocycles. The maximum absolute atomic E-state index is 12.4. The first-order valence-electron chi connectivity index (χ1n) is 5.20. The number of carboxylic acid groups (broad SMARTS) is 1. The van der Waals surface area contributed by atoms with Crippen LogP contribution in [-0.2, 0) is 4.79 Å². The number of hydrogen-bond acceptors (Lipinski definition) is 2. The van der Waals surface area contributed by atoms with Gasteiger partial charge < -0.3 is 15.7 Å². The van der Waals surface area contributed by atoms with E-state index < -0.39 is 24.6 Å². The van der Waals surface area contributed by atoms with E-state index in [0.29, 0.717) is 5.69 Å². The molecule has 0 spiro atoms. The monoisotopic (exact) mass is 292 g/mol. The molecule has 1 aromatic carbocycles. The molecule has 0 fully saturated rings. The quantitative estimate of drug-likeness (QED) is 0.743. The fourth-order valence-corrected chi connectivity index (χ4v) is 1.44. The highest BCUT2D eigenvalue weighted by atomic mass is 32.1. The third-order valence-electron chi connectivity index (χ3n) is 2.19. The Morgan fingerprint density at radius 1 is 1.32 bits per heavy atom. The van der Waals surface area contributed by atoms with Gasteiger partial charge in [0, 0.05) is 12.2 Å². The SMILES string of the molecule is O=C(O)C(CNC(=S)Nc1ccccc1)C(F)(F)F. The zero-order valence-corrected chi connectivity index (χ0v) is 10.4. The molecule has 104 valence electrons. The molecule has 0 saturated carbocycles. The van der Waals surface area contributed by atoms with Gasteiger partial charge in [-0.2, -0.15) is 13.2 Å². The van der Waals surface area contributed by atoms with E-state index in [1.807, 2.05) is 0 Å². The summed E-state index contributed by atoms with van der Waals surface area (Å²) in [6.45, 7) is -0.822. The Morgan fingerprint density at radius 3 is 2.37 bits per heavy atom. The minimum absolute atomic E-state index is 0.0679. The largest absolute Gasteiger partial charge is 0.481 e. The summed E-state index contributed by atoms with van der Waals surface area (Å²) in [6, 6.07) is 8.56. The lowest BCUT2D eigenvalue weighted by Crippen LogP contribution is -2.42. The number of alkyl halides is 3. The van der Waals surface area contributed by atoms with Gasteiger partial charge in [-0.15, -0.1) is 0 Å². The Labute approximate surface area is 112 Å². The van der Waals surface area contributed by atoms with Gasteiger partial charge in [0.25, 0.3) is 0 Å². The van der Waals surface area contributed by atoms with Gasteiger partial charge >= 0.3 is 12.1 Å². The van der Waals surface area contributed by atoms with Gasteiger partial charge in [0.1, 0.15) is 0 Å². The zero-order chi connectivity index (χ0) is 14.5. The van der Waals surface area contributed by atoms with Gasteiger partial charge in [0.15, 0.2) is 11.0 Å². The molecule has 4 nitrogen and oxygen atoms in total. The minimum atomic E-state index is -4.82. The summed E-state index contributed by atoms with van der Waals surface area (Å²) in [6.07, 6.45) is -4.82. The average molecular weight is 292 g/mol. The summed E-state index contributed by atoms with van der Waals surface area (Å²) < 4.78 is 37.1. The molecule has 3 N–H and O–H groups in total. The molecule has 0 aliphatic carbocycles. The first-order valence-corrected chi connectivity index (χ1v) is 5.61. The number of aliphatic carboxylic acids is 1. The normalized spacial score (nSPS) is 12.6. The molecule has 0 heterocycles. The summed E-state index contributed by atoms with van der Waals surface area (Å²) in [7, 11) is 0. The maximum Gasteiger partial charge on any atom is 0.403 e. The van der Waals surface area contributed by atoms with Crippen LogP contribution in [0.3, 0.4) is 0 Å². The molecule has 0 aliphatic rings. The van der Waals surface area contributed by atoms with Crippen molar-refractivity contribution >= 4 is 29.0 Å². The number of thiocarbonyl (C=S) groups is 1. The molecule has 0 amide bonds. The highest BCUT2D eigenvalue weighted by Crippen LogP contribution is 2.25. The highest BCUT2D eigenvalue weighted by Gasteiger charge is 2.44. The van der Waals surface area contributed by atoms with Crippen LogP contribution in [0.1, 0.15) is 0 Å². The number of carbonyl (C=O) groups is 1. The van der Waals surface area contributed by atoms with Crippen molar-refractivity contribution in [3.05, 3.63) is 30.3 Å². The fourth-order valence-electron chi connectivity index (χ4n) is 1.23. The Kier molecular flexibility index (Phi) is 5.11. The van der Waals surface area contributed by atoms with E-state index in [2.05, 4.69) is 10.6 Å². The number of carboxylic acids is 1. The number of para-hydroxylation sites is 1. The number of benzene rings is 1. The third-order valence-corrected chi connectivity index (χ3v) is 2.44. The van der Waals surface area contributed by atoms with Gasteiger partial charge in [0.2, 0.25) is 0 Å². The second-order valence-corrected chi connectivity index (χ2v) is 4.04. The van der Waals surface area contributed by atoms with E-state index in [4.69, 9.17) is 17.3 Å². The van der Waals surface area contributed by atoms with E-state index in [1.165, 1.54) is 0 Å². The van der Waals surface area contributed by atoms with Crippen molar-refractivity contribution in [3.8, 4) is 0 Å². The smallest absolute Gasteiger partial charge is 0.403 e. The van der Waals surface area contributed by atoms with Crippen molar-refractivity contribution in [2.45, 2.75) is 6.18 Å². The van der Waals surface area contributed by atoms with E-state index in [9.17, 15) is 18.0 Å². The van der Waals surface area contributed by atoms with E-state index in [0.717, 1.165) is 0 Å². The summed E-state index contributed by atoms with van der Waals surface area (Å²) >= 11 is 4.78. The van der Waals surface area contributed by atoms with Gasteiger partial charge in [-0.05, 0) is 24.4 Å². The Morgan fingerprint density at radius 2 is 1.89 bits per heavy atom. The molecule has 1 atom stereocenters. The van der Waals surface area contributed by atoms with Crippen LogP contribution in [0.2, 0.25) is 0 Å². The predicted octanol–water partition coefficient (Wildman–Crippen LogP) is 2.24. The first kappa shape index (κ1) is 15.2. The highest BCUT2D eigenvalue weighted by molar-refractivity contribution is 7.80. The van der Waals surface area contributed by atoms with Crippen molar-refractivity contribution < 1.29 is 23.1 Å².